The van der Waals surface area contributed by atoms with E-state index in [1.54, 1.807) is 14.2 Å². The standard InChI is InChI=1S/C14H15O2P/c1-15-11-7-10(8-12(9-11)16-2)13-5-3-4-6-14(13)17/h3-9H,17H2,1-2H3. The van der Waals surface area contributed by atoms with Gasteiger partial charge >= 0.3 is 0 Å². The molecule has 0 fully saturated rings. The van der Waals surface area contributed by atoms with Gasteiger partial charge in [0.15, 0.2) is 0 Å². The van der Waals surface area contributed by atoms with Crippen molar-refractivity contribution in [1.82, 2.24) is 0 Å². The first-order valence-electron chi connectivity index (χ1n) is 5.32. The molecule has 1 unspecified atom stereocenters. The fraction of sp³-hybridized carbons (Fsp3) is 0.143. The highest BCUT2D eigenvalue weighted by molar-refractivity contribution is 7.28. The van der Waals surface area contributed by atoms with Crippen LogP contribution in [-0.4, -0.2) is 14.2 Å². The number of benzene rings is 2. The molecule has 0 N–H and O–H groups in total. The van der Waals surface area contributed by atoms with Gasteiger partial charge in [0.05, 0.1) is 14.2 Å². The largest absolute Gasteiger partial charge is 0.497 e. The van der Waals surface area contributed by atoms with Gasteiger partial charge in [-0.15, -0.1) is 9.24 Å². The molecule has 0 amide bonds. The van der Waals surface area contributed by atoms with Gasteiger partial charge in [-0.2, -0.15) is 0 Å². The summed E-state index contributed by atoms with van der Waals surface area (Å²) in [4.78, 5) is 0. The number of hydrogen-bond donors (Lipinski definition) is 0. The molecule has 0 radical (unpaired) electrons. The van der Waals surface area contributed by atoms with Crippen molar-refractivity contribution >= 4 is 14.5 Å². The molecule has 17 heavy (non-hydrogen) atoms. The smallest absolute Gasteiger partial charge is 0.123 e. The van der Waals surface area contributed by atoms with Gasteiger partial charge in [0.2, 0.25) is 0 Å². The topological polar surface area (TPSA) is 18.5 Å². The monoisotopic (exact) mass is 246 g/mol. The van der Waals surface area contributed by atoms with Crippen LogP contribution in [0, 0.1) is 0 Å². The maximum atomic E-state index is 5.27. The number of ether oxygens (including phenoxy) is 2. The molecule has 2 rings (SSSR count). The molecule has 1 atom stereocenters. The number of rotatable bonds is 3. The molecular weight excluding hydrogens is 231 g/mol. The minimum atomic E-state index is 0.799. The maximum absolute atomic E-state index is 5.27. The van der Waals surface area contributed by atoms with E-state index in [1.165, 1.54) is 0 Å². The Kier molecular flexibility index (Phi) is 3.65. The Labute approximate surface area is 104 Å². The molecule has 3 heteroatoms. The summed E-state index contributed by atoms with van der Waals surface area (Å²) in [5.41, 5.74) is 2.25. The lowest BCUT2D eigenvalue weighted by Crippen LogP contribution is -1.96. The van der Waals surface area contributed by atoms with Gasteiger partial charge in [-0.05, 0) is 28.6 Å². The van der Waals surface area contributed by atoms with Crippen molar-refractivity contribution < 1.29 is 9.47 Å². The summed E-state index contributed by atoms with van der Waals surface area (Å²) in [5.74, 6) is 1.60. The summed E-state index contributed by atoms with van der Waals surface area (Å²) in [7, 11) is 6.06. The summed E-state index contributed by atoms with van der Waals surface area (Å²) in [6.45, 7) is 0. The molecule has 88 valence electrons. The Morgan fingerprint density at radius 1 is 0.882 bits per heavy atom. The summed E-state index contributed by atoms with van der Waals surface area (Å²) < 4.78 is 10.5. The highest BCUT2D eigenvalue weighted by atomic mass is 31.0. The average Bonchev–Trinajstić information content (AvgIpc) is 2.38. The second-order valence-electron chi connectivity index (χ2n) is 3.69. The van der Waals surface area contributed by atoms with Crippen molar-refractivity contribution in [2.45, 2.75) is 0 Å². The lowest BCUT2D eigenvalue weighted by Gasteiger charge is -2.10. The highest BCUT2D eigenvalue weighted by Gasteiger charge is 2.05. The predicted octanol–water partition coefficient (Wildman–Crippen LogP) is 2.87. The summed E-state index contributed by atoms with van der Waals surface area (Å²) >= 11 is 0. The van der Waals surface area contributed by atoms with Crippen molar-refractivity contribution in [3.63, 3.8) is 0 Å². The normalized spacial score (nSPS) is 10.1. The van der Waals surface area contributed by atoms with Gasteiger partial charge in [0, 0.05) is 6.07 Å². The van der Waals surface area contributed by atoms with E-state index in [-0.39, 0.29) is 0 Å². The Hall–Kier alpha value is -1.53. The second-order valence-corrected chi connectivity index (χ2v) is 4.31. The molecule has 2 aromatic carbocycles. The Balaban J connectivity index is 2.55. The number of methoxy groups -OCH3 is 2. The Bertz CT molecular complexity index is 501. The quantitative estimate of drug-likeness (QED) is 0.775. The predicted molar refractivity (Wildman–Crippen MR) is 74.3 cm³/mol. The fourth-order valence-electron chi connectivity index (χ4n) is 1.72. The van der Waals surface area contributed by atoms with Crippen LogP contribution in [0.2, 0.25) is 0 Å². The van der Waals surface area contributed by atoms with E-state index in [2.05, 4.69) is 21.4 Å². The number of hydrogen-bond acceptors (Lipinski definition) is 2. The van der Waals surface area contributed by atoms with E-state index in [1.807, 2.05) is 30.3 Å². The summed E-state index contributed by atoms with van der Waals surface area (Å²) in [5, 5.41) is 1.16. The van der Waals surface area contributed by atoms with Gasteiger partial charge in [-0.1, -0.05) is 24.3 Å². The van der Waals surface area contributed by atoms with Crippen LogP contribution in [0.15, 0.2) is 42.5 Å². The Morgan fingerprint density at radius 3 is 2.00 bits per heavy atom. The van der Waals surface area contributed by atoms with Crippen molar-refractivity contribution in [2.24, 2.45) is 0 Å². The van der Waals surface area contributed by atoms with Gasteiger partial charge in [-0.25, -0.2) is 0 Å². The van der Waals surface area contributed by atoms with Crippen LogP contribution < -0.4 is 14.8 Å². The first kappa shape index (κ1) is 11.9. The molecule has 0 saturated carbocycles. The molecular formula is C14H15O2P. The van der Waals surface area contributed by atoms with Crippen LogP contribution in [0.5, 0.6) is 11.5 Å². The van der Waals surface area contributed by atoms with Crippen molar-refractivity contribution in [3.05, 3.63) is 42.5 Å². The molecule has 0 saturated heterocycles. The average molecular weight is 246 g/mol. The highest BCUT2D eigenvalue weighted by Crippen LogP contribution is 2.29. The van der Waals surface area contributed by atoms with E-state index in [0.717, 1.165) is 27.9 Å². The molecule has 0 aromatic heterocycles. The third-order valence-corrected chi connectivity index (χ3v) is 3.13. The second kappa shape index (κ2) is 5.20. The van der Waals surface area contributed by atoms with Gasteiger partial charge < -0.3 is 9.47 Å². The fourth-order valence-corrected chi connectivity index (χ4v) is 2.10. The van der Waals surface area contributed by atoms with E-state index in [4.69, 9.17) is 9.47 Å². The SMILES string of the molecule is COc1cc(OC)cc(-c2ccccc2P)c1. The molecule has 0 spiro atoms. The maximum Gasteiger partial charge on any atom is 0.123 e. The van der Waals surface area contributed by atoms with Crippen LogP contribution >= 0.6 is 9.24 Å². The molecule has 0 aliphatic carbocycles. The first-order valence-corrected chi connectivity index (χ1v) is 5.90. The van der Waals surface area contributed by atoms with Crippen LogP contribution in [0.3, 0.4) is 0 Å². The van der Waals surface area contributed by atoms with Crippen molar-refractivity contribution in [2.75, 3.05) is 14.2 Å². The zero-order valence-electron chi connectivity index (χ0n) is 9.94. The Morgan fingerprint density at radius 2 is 1.47 bits per heavy atom. The van der Waals surface area contributed by atoms with Gasteiger partial charge in [0.25, 0.3) is 0 Å². The lowest BCUT2D eigenvalue weighted by atomic mass is 10.1. The van der Waals surface area contributed by atoms with Crippen LogP contribution in [0.4, 0.5) is 0 Å². The minimum Gasteiger partial charge on any atom is -0.497 e. The zero-order valence-corrected chi connectivity index (χ0v) is 11.1. The van der Waals surface area contributed by atoms with E-state index >= 15 is 0 Å². The van der Waals surface area contributed by atoms with E-state index in [0.29, 0.717) is 0 Å². The zero-order chi connectivity index (χ0) is 12.3. The molecule has 0 aliphatic rings. The summed E-state index contributed by atoms with van der Waals surface area (Å²) in [6, 6.07) is 14.1. The van der Waals surface area contributed by atoms with Crippen molar-refractivity contribution in [1.29, 1.82) is 0 Å². The van der Waals surface area contributed by atoms with Crippen molar-refractivity contribution in [3.8, 4) is 22.6 Å². The first-order chi connectivity index (χ1) is 8.24. The molecule has 2 nitrogen and oxygen atoms in total. The van der Waals surface area contributed by atoms with Gasteiger partial charge in [-0.3, -0.25) is 0 Å². The lowest BCUT2D eigenvalue weighted by molar-refractivity contribution is 0.394. The molecule has 0 bridgehead atoms. The minimum absolute atomic E-state index is 0.799. The summed E-state index contributed by atoms with van der Waals surface area (Å²) in [6.07, 6.45) is 0. The molecule has 2 aromatic rings. The van der Waals surface area contributed by atoms with E-state index in [9.17, 15) is 0 Å². The molecule has 0 heterocycles. The van der Waals surface area contributed by atoms with Crippen LogP contribution in [0.1, 0.15) is 0 Å². The third kappa shape index (κ3) is 2.59. The van der Waals surface area contributed by atoms with Crippen LogP contribution in [0.25, 0.3) is 11.1 Å². The van der Waals surface area contributed by atoms with Gasteiger partial charge in [0.1, 0.15) is 11.5 Å². The molecule has 0 aliphatic heterocycles. The third-order valence-electron chi connectivity index (χ3n) is 2.62. The van der Waals surface area contributed by atoms with E-state index < -0.39 is 0 Å². The van der Waals surface area contributed by atoms with Crippen LogP contribution in [-0.2, 0) is 0 Å².